The topological polar surface area (TPSA) is 87.1 Å². The van der Waals surface area contributed by atoms with Crippen LogP contribution in [0.1, 0.15) is 31.0 Å². The molecule has 3 aromatic rings. The first-order chi connectivity index (χ1) is 16.6. The summed E-state index contributed by atoms with van der Waals surface area (Å²) >= 11 is 6.07. The summed E-state index contributed by atoms with van der Waals surface area (Å²) < 4.78 is 33.2. The third-order valence-electron chi connectivity index (χ3n) is 5.41. The van der Waals surface area contributed by atoms with Crippen molar-refractivity contribution in [1.82, 2.24) is 0 Å². The Morgan fingerprint density at radius 3 is 2.29 bits per heavy atom. The second kappa shape index (κ2) is 9.38. The van der Waals surface area contributed by atoms with Gasteiger partial charge in [0.25, 0.3) is 11.7 Å². The molecule has 35 heavy (non-hydrogen) atoms. The summed E-state index contributed by atoms with van der Waals surface area (Å²) in [5.74, 6) is -4.58. The Bertz CT molecular complexity index is 1350. The van der Waals surface area contributed by atoms with Crippen LogP contribution in [0.25, 0.3) is 5.76 Å². The molecule has 1 amide bonds. The monoisotopic (exact) mass is 499 g/mol. The number of nitrogens with zero attached hydrogens (tertiary/aromatic N) is 1. The minimum absolute atomic E-state index is 0.0615. The van der Waals surface area contributed by atoms with Crippen LogP contribution in [0.15, 0.2) is 66.2 Å². The number of anilines is 1. The van der Waals surface area contributed by atoms with Crippen molar-refractivity contribution >= 4 is 34.7 Å². The molecule has 1 heterocycles. The molecule has 0 aromatic heterocycles. The van der Waals surface area contributed by atoms with Crippen molar-refractivity contribution in [3.05, 3.63) is 94.0 Å². The van der Waals surface area contributed by atoms with Crippen LogP contribution in [0, 0.1) is 11.6 Å². The van der Waals surface area contributed by atoms with E-state index in [4.69, 9.17) is 16.3 Å². The maximum Gasteiger partial charge on any atom is 0.300 e. The number of hydrogen-bond acceptors (Lipinski definition) is 5. The highest BCUT2D eigenvalue weighted by Gasteiger charge is 2.47. The second-order valence-electron chi connectivity index (χ2n) is 8.17. The fourth-order valence-corrected chi connectivity index (χ4v) is 4.05. The van der Waals surface area contributed by atoms with E-state index in [1.165, 1.54) is 30.3 Å². The number of ketones is 1. The highest BCUT2D eigenvalue weighted by Crippen LogP contribution is 2.43. The number of aliphatic hydroxyl groups is 1. The molecule has 4 rings (SSSR count). The second-order valence-corrected chi connectivity index (χ2v) is 8.58. The highest BCUT2D eigenvalue weighted by molar-refractivity contribution is 6.51. The Kier molecular flexibility index (Phi) is 6.49. The smallest absolute Gasteiger partial charge is 0.300 e. The number of benzene rings is 3. The minimum atomic E-state index is -1.23. The third-order valence-corrected chi connectivity index (χ3v) is 5.72. The Balaban J connectivity index is 1.90. The van der Waals surface area contributed by atoms with Crippen LogP contribution >= 0.6 is 11.6 Å². The van der Waals surface area contributed by atoms with Gasteiger partial charge in [-0.3, -0.25) is 14.5 Å². The predicted molar refractivity (Wildman–Crippen MR) is 126 cm³/mol. The molecule has 0 spiro atoms. The van der Waals surface area contributed by atoms with Crippen LogP contribution in [-0.4, -0.2) is 28.0 Å². The number of halogens is 3. The first kappa shape index (κ1) is 24.2. The first-order valence-corrected chi connectivity index (χ1v) is 11.0. The van der Waals surface area contributed by atoms with Gasteiger partial charge in [-0.25, -0.2) is 8.78 Å². The molecule has 2 N–H and O–H groups in total. The van der Waals surface area contributed by atoms with Gasteiger partial charge in [-0.2, -0.15) is 0 Å². The first-order valence-electron chi connectivity index (χ1n) is 10.6. The fourth-order valence-electron chi connectivity index (χ4n) is 3.86. The van der Waals surface area contributed by atoms with Crippen LogP contribution in [0.3, 0.4) is 0 Å². The zero-order chi connectivity index (χ0) is 25.4. The number of aromatic hydroxyl groups is 1. The number of carbonyl (C=O) groups excluding carboxylic acids is 2. The highest BCUT2D eigenvalue weighted by atomic mass is 35.5. The molecule has 0 radical (unpaired) electrons. The molecule has 9 heteroatoms. The number of phenolic OH excluding ortho intramolecular Hbond substituents is 1. The van der Waals surface area contributed by atoms with E-state index < -0.39 is 35.1 Å². The lowest BCUT2D eigenvalue weighted by Crippen LogP contribution is -2.29. The third kappa shape index (κ3) is 4.57. The van der Waals surface area contributed by atoms with E-state index in [0.717, 1.165) is 23.1 Å². The van der Waals surface area contributed by atoms with Gasteiger partial charge in [-0.1, -0.05) is 17.7 Å². The van der Waals surface area contributed by atoms with Gasteiger partial charge in [-0.15, -0.1) is 0 Å². The van der Waals surface area contributed by atoms with E-state index in [-0.39, 0.29) is 39.3 Å². The van der Waals surface area contributed by atoms with E-state index in [1.54, 1.807) is 12.1 Å². The van der Waals surface area contributed by atoms with Crippen LogP contribution in [0.4, 0.5) is 14.5 Å². The van der Waals surface area contributed by atoms with E-state index >= 15 is 0 Å². The SMILES string of the molecule is CC(C)Oc1ccc(/C(O)=C2\C(=O)C(=O)N(c3ccc(F)c(F)c3)C2c2ccc(O)c(Cl)c2)cc1. The molecule has 1 unspecified atom stereocenters. The molecule has 1 saturated heterocycles. The number of carbonyl (C=O) groups is 2. The average Bonchev–Trinajstić information content (AvgIpc) is 3.08. The number of Topliss-reactive ketones (excluding diaryl/α,β-unsaturated/α-hetero) is 1. The van der Waals surface area contributed by atoms with Crippen molar-refractivity contribution in [3.8, 4) is 11.5 Å². The van der Waals surface area contributed by atoms with E-state index in [0.29, 0.717) is 5.75 Å². The fraction of sp³-hybridized carbons (Fsp3) is 0.154. The zero-order valence-corrected chi connectivity index (χ0v) is 19.4. The van der Waals surface area contributed by atoms with Crippen molar-refractivity contribution in [2.75, 3.05) is 4.90 Å². The van der Waals surface area contributed by atoms with Gasteiger partial charge in [0.1, 0.15) is 17.3 Å². The number of ether oxygens (including phenoxy) is 1. The maximum atomic E-state index is 14.0. The van der Waals surface area contributed by atoms with Gasteiger partial charge in [0.05, 0.1) is 22.7 Å². The molecular formula is C26H20ClF2NO5. The normalized spacial score (nSPS) is 17.3. The van der Waals surface area contributed by atoms with E-state index in [9.17, 15) is 28.6 Å². The summed E-state index contributed by atoms with van der Waals surface area (Å²) in [7, 11) is 0. The minimum Gasteiger partial charge on any atom is -0.507 e. The summed E-state index contributed by atoms with van der Waals surface area (Å²) in [6, 6.07) is 11.8. The van der Waals surface area contributed by atoms with Crippen LogP contribution in [0.5, 0.6) is 11.5 Å². The van der Waals surface area contributed by atoms with Crippen LogP contribution < -0.4 is 9.64 Å². The lowest BCUT2D eigenvalue weighted by Gasteiger charge is -2.25. The molecule has 0 aliphatic carbocycles. The summed E-state index contributed by atoms with van der Waals surface area (Å²) in [4.78, 5) is 27.1. The molecule has 1 fully saturated rings. The molecule has 180 valence electrons. The Labute approximate surface area is 204 Å². The van der Waals surface area contributed by atoms with E-state index in [1.807, 2.05) is 13.8 Å². The van der Waals surface area contributed by atoms with E-state index in [2.05, 4.69) is 0 Å². The zero-order valence-electron chi connectivity index (χ0n) is 18.6. The van der Waals surface area contributed by atoms with Crippen molar-refractivity contribution in [1.29, 1.82) is 0 Å². The van der Waals surface area contributed by atoms with Gasteiger partial charge >= 0.3 is 0 Å². The average molecular weight is 500 g/mol. The summed E-state index contributed by atoms with van der Waals surface area (Å²) in [6.45, 7) is 3.72. The lowest BCUT2D eigenvalue weighted by molar-refractivity contribution is -0.132. The molecule has 1 aliphatic rings. The Morgan fingerprint density at radius 1 is 1.00 bits per heavy atom. The van der Waals surface area contributed by atoms with Crippen molar-refractivity contribution in [2.45, 2.75) is 26.0 Å². The van der Waals surface area contributed by atoms with Crippen molar-refractivity contribution in [2.24, 2.45) is 0 Å². The largest absolute Gasteiger partial charge is 0.507 e. The number of hydrogen-bond donors (Lipinski definition) is 2. The van der Waals surface area contributed by atoms with Gasteiger partial charge in [-0.05, 0) is 67.9 Å². The van der Waals surface area contributed by atoms with Crippen LogP contribution in [-0.2, 0) is 9.59 Å². The molecular weight excluding hydrogens is 480 g/mol. The van der Waals surface area contributed by atoms with Crippen molar-refractivity contribution < 1.29 is 33.3 Å². The van der Waals surface area contributed by atoms with Gasteiger partial charge < -0.3 is 14.9 Å². The molecule has 3 aromatic carbocycles. The summed E-state index contributed by atoms with van der Waals surface area (Å²) in [5.41, 5.74) is 0.122. The summed E-state index contributed by atoms with van der Waals surface area (Å²) in [5, 5.41) is 20.9. The number of phenols is 1. The standard InChI is InChI=1S/C26H20ClF2NO5/c1-13(2)35-17-7-3-14(4-8-17)24(32)22-23(15-5-10-21(31)18(27)11-15)30(26(34)25(22)33)16-6-9-19(28)20(29)12-16/h3-13,23,31-32H,1-2H3/b24-22+. The van der Waals surface area contributed by atoms with Gasteiger partial charge in [0.15, 0.2) is 11.6 Å². The quantitative estimate of drug-likeness (QED) is 0.266. The predicted octanol–water partition coefficient (Wildman–Crippen LogP) is 5.74. The van der Waals surface area contributed by atoms with Crippen molar-refractivity contribution in [3.63, 3.8) is 0 Å². The lowest BCUT2D eigenvalue weighted by atomic mass is 9.95. The summed E-state index contributed by atoms with van der Waals surface area (Å²) in [6.07, 6.45) is -0.0740. The number of amides is 1. The van der Waals surface area contributed by atoms with Crippen LogP contribution in [0.2, 0.25) is 5.02 Å². The molecule has 0 saturated carbocycles. The molecule has 1 aliphatic heterocycles. The van der Waals surface area contributed by atoms with Gasteiger partial charge in [0.2, 0.25) is 0 Å². The molecule has 6 nitrogen and oxygen atoms in total. The molecule has 0 bridgehead atoms. The Morgan fingerprint density at radius 2 is 1.69 bits per heavy atom. The molecule has 1 atom stereocenters. The van der Waals surface area contributed by atoms with Gasteiger partial charge in [0, 0.05) is 17.3 Å². The maximum absolute atomic E-state index is 14.0. The number of aliphatic hydroxyl groups excluding tert-OH is 1. The number of rotatable bonds is 5. The Hall–Kier alpha value is -3.91.